The molecule has 0 saturated carbocycles. The van der Waals surface area contributed by atoms with E-state index in [1.807, 2.05) is 24.3 Å². The summed E-state index contributed by atoms with van der Waals surface area (Å²) in [5.74, 6) is 0.0840. The van der Waals surface area contributed by atoms with Crippen LogP contribution in [0.2, 0.25) is 0 Å². The zero-order chi connectivity index (χ0) is 23.4. The maximum Gasteiger partial charge on any atom is 0.423 e. The van der Waals surface area contributed by atoms with E-state index in [0.29, 0.717) is 17.8 Å². The highest BCUT2D eigenvalue weighted by molar-refractivity contribution is 6.11. The molecule has 0 saturated heterocycles. The molecule has 1 amide bonds. The molecule has 2 aromatic heterocycles. The second kappa shape index (κ2) is 7.68. The largest absolute Gasteiger partial charge is 0.423 e. The number of amides is 1. The minimum Gasteiger partial charge on any atom is -0.413 e. The number of fused-ring (bicyclic) bond motifs is 4. The van der Waals surface area contributed by atoms with Gasteiger partial charge in [-0.15, -0.1) is 0 Å². The summed E-state index contributed by atoms with van der Waals surface area (Å²) < 4.78 is 18.1. The first-order valence-corrected chi connectivity index (χ1v) is 10.3. The van der Waals surface area contributed by atoms with Crippen molar-refractivity contribution >= 4 is 28.1 Å². The molecule has 1 aliphatic rings. The summed E-state index contributed by atoms with van der Waals surface area (Å²) in [4.78, 5) is 42.3. The molecule has 1 aliphatic carbocycles. The van der Waals surface area contributed by atoms with Crippen LogP contribution in [0.1, 0.15) is 33.4 Å². The van der Waals surface area contributed by atoms with Crippen molar-refractivity contribution in [2.45, 2.75) is 32.3 Å². The predicted octanol–water partition coefficient (Wildman–Crippen LogP) is 1.74. The lowest BCUT2D eigenvalue weighted by molar-refractivity contribution is -0.0573. The van der Waals surface area contributed by atoms with Gasteiger partial charge in [0.2, 0.25) is 5.58 Å². The van der Waals surface area contributed by atoms with Gasteiger partial charge < -0.3 is 28.1 Å². The zero-order valence-electron chi connectivity index (χ0n) is 18.2. The van der Waals surface area contributed by atoms with Gasteiger partial charge in [-0.05, 0) is 24.1 Å². The smallest absolute Gasteiger partial charge is 0.413 e. The number of aliphatic hydroxyl groups is 1. The molecule has 0 fully saturated rings. The topological polar surface area (TPSA) is 128 Å². The van der Waals surface area contributed by atoms with Crippen LogP contribution in [0, 0.1) is 6.92 Å². The lowest BCUT2D eigenvalue weighted by Crippen LogP contribution is -2.25. The Morgan fingerprint density at radius 3 is 2.64 bits per heavy atom. The summed E-state index contributed by atoms with van der Waals surface area (Å²) in [6.45, 7) is 1.76. The molecule has 10 heteroatoms. The van der Waals surface area contributed by atoms with E-state index in [1.165, 1.54) is 11.0 Å². The van der Waals surface area contributed by atoms with Crippen LogP contribution >= 0.6 is 0 Å². The number of aliphatic hydroxyl groups excluding tert-OH is 1. The van der Waals surface area contributed by atoms with Crippen LogP contribution in [-0.2, 0) is 17.9 Å². The molecule has 2 atom stereocenters. The van der Waals surface area contributed by atoms with Crippen molar-refractivity contribution in [2.75, 3.05) is 14.1 Å². The first-order chi connectivity index (χ1) is 15.8. The highest BCUT2D eigenvalue weighted by Crippen LogP contribution is 2.35. The molecule has 10 nitrogen and oxygen atoms in total. The van der Waals surface area contributed by atoms with Gasteiger partial charge in [-0.25, -0.2) is 14.6 Å². The third-order valence-electron chi connectivity index (χ3n) is 5.86. The second-order valence-corrected chi connectivity index (χ2v) is 8.20. The van der Waals surface area contributed by atoms with Gasteiger partial charge in [0.1, 0.15) is 24.2 Å². The summed E-state index contributed by atoms with van der Waals surface area (Å²) in [6, 6.07) is 9.23. The Hall–Kier alpha value is -3.76. The summed E-state index contributed by atoms with van der Waals surface area (Å²) in [5, 5.41) is 10.5. The zero-order valence-corrected chi connectivity index (χ0v) is 18.2. The number of rotatable bonds is 4. The molecular formula is C23H21N3O7. The van der Waals surface area contributed by atoms with E-state index in [0.717, 1.165) is 11.1 Å². The van der Waals surface area contributed by atoms with E-state index < -0.39 is 29.4 Å². The number of aromatic nitrogens is 2. The summed E-state index contributed by atoms with van der Waals surface area (Å²) >= 11 is 0. The Kier molecular flexibility index (Phi) is 4.91. The van der Waals surface area contributed by atoms with Crippen molar-refractivity contribution < 1.29 is 23.5 Å². The van der Waals surface area contributed by atoms with E-state index >= 15 is 0 Å². The molecular weight excluding hydrogens is 430 g/mol. The van der Waals surface area contributed by atoms with Gasteiger partial charge in [0, 0.05) is 20.5 Å². The van der Waals surface area contributed by atoms with E-state index in [1.54, 1.807) is 25.6 Å². The van der Waals surface area contributed by atoms with Crippen LogP contribution in [0.25, 0.3) is 22.2 Å². The third kappa shape index (κ3) is 3.35. The van der Waals surface area contributed by atoms with Crippen LogP contribution in [0.3, 0.4) is 0 Å². The Labute approximate surface area is 186 Å². The van der Waals surface area contributed by atoms with Crippen LogP contribution in [0.4, 0.5) is 0 Å². The fourth-order valence-electron chi connectivity index (χ4n) is 4.25. The molecule has 2 heterocycles. The number of hydrogen-bond donors (Lipinski definition) is 1. The van der Waals surface area contributed by atoms with Gasteiger partial charge in [0.05, 0.1) is 17.2 Å². The molecule has 0 aliphatic heterocycles. The number of carbonyl (C=O) groups excluding carboxylic acids is 1. The fraction of sp³-hybridized carbons (Fsp3) is 0.304. The van der Waals surface area contributed by atoms with Gasteiger partial charge in [-0.2, -0.15) is 0 Å². The molecule has 2 aromatic carbocycles. The standard InChI is InChI=1S/C23H21N3O7/c1-11-24-17-15(26(11)10-31-18-13-7-5-4-6-12(13)8-16(18)27)9-14(21(28)25(2)3)19-20(17)33-23(30)22(29)32-19/h4-7,9,16,18,27H,8,10H2,1-3H3. The summed E-state index contributed by atoms with van der Waals surface area (Å²) in [6.07, 6.45) is -0.699. The van der Waals surface area contributed by atoms with Crippen LogP contribution in [-0.4, -0.2) is 45.7 Å². The minimum atomic E-state index is -1.21. The first-order valence-electron chi connectivity index (χ1n) is 10.3. The molecule has 1 N–H and O–H groups in total. The summed E-state index contributed by atoms with van der Waals surface area (Å²) in [5.41, 5.74) is 0.105. The van der Waals surface area contributed by atoms with Crippen molar-refractivity contribution in [3.8, 4) is 0 Å². The number of ether oxygens (including phenoxy) is 1. The van der Waals surface area contributed by atoms with Crippen molar-refractivity contribution in [2.24, 2.45) is 0 Å². The lowest BCUT2D eigenvalue weighted by Gasteiger charge is -2.18. The molecule has 5 rings (SSSR count). The Morgan fingerprint density at radius 2 is 1.91 bits per heavy atom. The number of aryl methyl sites for hydroxylation is 1. The molecule has 0 radical (unpaired) electrons. The highest BCUT2D eigenvalue weighted by Gasteiger charge is 2.32. The molecule has 0 spiro atoms. The third-order valence-corrected chi connectivity index (χ3v) is 5.86. The summed E-state index contributed by atoms with van der Waals surface area (Å²) in [7, 11) is 3.11. The average Bonchev–Trinajstić information content (AvgIpc) is 3.27. The average molecular weight is 451 g/mol. The van der Waals surface area contributed by atoms with Crippen LogP contribution in [0.15, 0.2) is 48.8 Å². The van der Waals surface area contributed by atoms with Crippen molar-refractivity contribution in [1.82, 2.24) is 14.5 Å². The Morgan fingerprint density at radius 1 is 1.21 bits per heavy atom. The number of nitrogens with zero attached hydrogens (tertiary/aromatic N) is 3. The van der Waals surface area contributed by atoms with Gasteiger partial charge in [-0.3, -0.25) is 4.79 Å². The fourth-order valence-corrected chi connectivity index (χ4v) is 4.25. The molecule has 0 bridgehead atoms. The van der Waals surface area contributed by atoms with Crippen molar-refractivity contribution in [1.29, 1.82) is 0 Å². The quantitative estimate of drug-likeness (QED) is 0.465. The maximum absolute atomic E-state index is 12.8. The first kappa shape index (κ1) is 21.1. The highest BCUT2D eigenvalue weighted by atomic mass is 16.5. The van der Waals surface area contributed by atoms with Gasteiger partial charge in [0.15, 0.2) is 5.58 Å². The molecule has 33 heavy (non-hydrogen) atoms. The van der Waals surface area contributed by atoms with Gasteiger partial charge >= 0.3 is 11.3 Å². The van der Waals surface area contributed by atoms with Crippen LogP contribution in [0.5, 0.6) is 0 Å². The number of imidazole rings is 1. The molecule has 170 valence electrons. The van der Waals surface area contributed by atoms with Gasteiger partial charge in [0.25, 0.3) is 5.91 Å². The SMILES string of the molecule is Cc1nc2c3oc(=O)c(=O)oc3c(C(=O)N(C)C)cc2n1COC1c2ccccc2CC1O. The number of benzene rings is 2. The predicted molar refractivity (Wildman–Crippen MR) is 117 cm³/mol. The molecule has 2 unspecified atom stereocenters. The number of carbonyl (C=O) groups is 1. The van der Waals surface area contributed by atoms with Crippen molar-refractivity contribution in [3.63, 3.8) is 0 Å². The molecule has 4 aromatic rings. The van der Waals surface area contributed by atoms with E-state index in [2.05, 4.69) is 4.98 Å². The minimum absolute atomic E-state index is 0.0283. The second-order valence-electron chi connectivity index (χ2n) is 8.20. The maximum atomic E-state index is 12.8. The van der Waals surface area contributed by atoms with Crippen LogP contribution < -0.4 is 11.3 Å². The van der Waals surface area contributed by atoms with E-state index in [-0.39, 0.29) is 29.0 Å². The Bertz CT molecular complexity index is 1530. The lowest BCUT2D eigenvalue weighted by atomic mass is 10.1. The van der Waals surface area contributed by atoms with Crippen molar-refractivity contribution in [3.05, 3.63) is 73.7 Å². The van der Waals surface area contributed by atoms with Gasteiger partial charge in [-0.1, -0.05) is 24.3 Å². The Balaban J connectivity index is 1.64. The number of hydrogen-bond acceptors (Lipinski definition) is 8. The van der Waals surface area contributed by atoms with E-state index in [9.17, 15) is 19.5 Å². The van der Waals surface area contributed by atoms with E-state index in [4.69, 9.17) is 13.6 Å². The monoisotopic (exact) mass is 451 g/mol. The normalized spacial score (nSPS) is 17.6.